The van der Waals surface area contributed by atoms with Crippen LogP contribution in [-0.2, 0) is 25.4 Å². The van der Waals surface area contributed by atoms with Crippen LogP contribution in [0.4, 0.5) is 0 Å². The van der Waals surface area contributed by atoms with Crippen molar-refractivity contribution in [3.8, 4) is 0 Å². The van der Waals surface area contributed by atoms with Crippen LogP contribution < -0.4 is 0 Å². The van der Waals surface area contributed by atoms with E-state index in [2.05, 4.69) is 0 Å². The molecule has 1 atom stereocenters. The van der Waals surface area contributed by atoms with Gasteiger partial charge in [-0.05, 0) is 24.6 Å². The zero-order chi connectivity index (χ0) is 16.2. The fraction of sp³-hybridized carbons (Fsp3) is 0.222. The molecule has 0 radical (unpaired) electrons. The molecule has 0 aromatic heterocycles. The second kappa shape index (κ2) is 6.79. The van der Waals surface area contributed by atoms with Crippen LogP contribution >= 0.6 is 0 Å². The van der Waals surface area contributed by atoms with Crippen molar-refractivity contribution in [1.82, 2.24) is 0 Å². The van der Waals surface area contributed by atoms with E-state index in [0.717, 1.165) is 5.56 Å². The molecule has 0 saturated carbocycles. The van der Waals surface area contributed by atoms with Crippen LogP contribution in [0.3, 0.4) is 0 Å². The summed E-state index contributed by atoms with van der Waals surface area (Å²) >= 11 is 0. The SMILES string of the molecule is CC(=O)Cc1ccc([S+](C)(=O)CC(=O)c2ccccc2)cc1. The molecule has 0 N–H and O–H groups in total. The monoisotopic (exact) mass is 315 g/mol. The molecule has 0 aliphatic heterocycles. The Balaban J connectivity index is 2.14. The third kappa shape index (κ3) is 4.21. The van der Waals surface area contributed by atoms with Gasteiger partial charge in [0.05, 0.1) is 0 Å². The molecule has 2 aromatic rings. The molecule has 0 fully saturated rings. The van der Waals surface area contributed by atoms with Crippen molar-refractivity contribution < 1.29 is 13.8 Å². The summed E-state index contributed by atoms with van der Waals surface area (Å²) in [6.45, 7) is 1.54. The lowest BCUT2D eigenvalue weighted by Crippen LogP contribution is -2.21. The Kier molecular flexibility index (Phi) is 5.03. The molecule has 22 heavy (non-hydrogen) atoms. The standard InChI is InChI=1S/C18H19O3S/c1-14(19)12-15-8-10-17(11-9-15)22(2,21)13-18(20)16-6-4-3-5-7-16/h3-11H,12-13H2,1-2H3/q+1. The van der Waals surface area contributed by atoms with Gasteiger partial charge in [0.1, 0.15) is 22.0 Å². The van der Waals surface area contributed by atoms with Gasteiger partial charge in [-0.3, -0.25) is 9.59 Å². The van der Waals surface area contributed by atoms with E-state index in [9.17, 15) is 13.8 Å². The number of Topliss-reactive ketones (excluding diaryl/α,β-unsaturated/α-hetero) is 2. The molecule has 0 aliphatic rings. The summed E-state index contributed by atoms with van der Waals surface area (Å²) in [5.74, 6) is -0.0477. The van der Waals surface area contributed by atoms with Gasteiger partial charge in [0.25, 0.3) is 0 Å². The Morgan fingerprint density at radius 1 is 0.955 bits per heavy atom. The van der Waals surface area contributed by atoms with Crippen molar-refractivity contribution in [2.45, 2.75) is 18.2 Å². The van der Waals surface area contributed by atoms with Crippen molar-refractivity contribution in [1.29, 1.82) is 0 Å². The van der Waals surface area contributed by atoms with Crippen molar-refractivity contribution in [2.24, 2.45) is 0 Å². The fourth-order valence-corrected chi connectivity index (χ4v) is 3.77. The first kappa shape index (κ1) is 16.3. The van der Waals surface area contributed by atoms with Gasteiger partial charge in [-0.25, -0.2) is 0 Å². The molecule has 0 spiro atoms. The van der Waals surface area contributed by atoms with Crippen LogP contribution in [0.1, 0.15) is 22.8 Å². The molecule has 0 bridgehead atoms. The molecule has 0 aliphatic carbocycles. The summed E-state index contributed by atoms with van der Waals surface area (Å²) in [6, 6.07) is 16.0. The number of benzene rings is 2. The number of hydrogen-bond donors (Lipinski definition) is 0. The van der Waals surface area contributed by atoms with Gasteiger partial charge in [-0.2, -0.15) is 0 Å². The van der Waals surface area contributed by atoms with Gasteiger partial charge < -0.3 is 0 Å². The van der Waals surface area contributed by atoms with E-state index in [0.29, 0.717) is 16.9 Å². The van der Waals surface area contributed by atoms with Crippen LogP contribution in [0.5, 0.6) is 0 Å². The zero-order valence-electron chi connectivity index (χ0n) is 12.7. The highest BCUT2D eigenvalue weighted by atomic mass is 32.2. The summed E-state index contributed by atoms with van der Waals surface area (Å²) in [5.41, 5.74) is 1.46. The van der Waals surface area contributed by atoms with Crippen LogP contribution in [0.2, 0.25) is 0 Å². The lowest BCUT2D eigenvalue weighted by Gasteiger charge is -2.07. The van der Waals surface area contributed by atoms with Crippen molar-refractivity contribution in [3.05, 3.63) is 65.7 Å². The smallest absolute Gasteiger partial charge is 0.212 e. The molecule has 114 valence electrons. The predicted molar refractivity (Wildman–Crippen MR) is 88.7 cm³/mol. The van der Waals surface area contributed by atoms with Crippen LogP contribution in [0.25, 0.3) is 0 Å². The third-order valence-corrected chi connectivity index (χ3v) is 5.46. The average Bonchev–Trinajstić information content (AvgIpc) is 2.47. The van der Waals surface area contributed by atoms with Crippen LogP contribution in [0.15, 0.2) is 59.5 Å². The first-order chi connectivity index (χ1) is 10.4. The highest BCUT2D eigenvalue weighted by molar-refractivity contribution is 8.03. The minimum absolute atomic E-state index is 0.0108. The van der Waals surface area contributed by atoms with Crippen LogP contribution in [0, 0.1) is 0 Å². The molecule has 2 aromatic carbocycles. The number of carbonyl (C=O) groups is 2. The Labute approximate surface area is 131 Å². The second-order valence-corrected chi connectivity index (χ2v) is 8.23. The number of rotatable bonds is 6. The third-order valence-electron chi connectivity index (χ3n) is 3.38. The number of hydrogen-bond acceptors (Lipinski definition) is 3. The van der Waals surface area contributed by atoms with Gasteiger partial charge in [0, 0.05) is 12.0 Å². The van der Waals surface area contributed by atoms with Gasteiger partial charge in [0.2, 0.25) is 5.78 Å². The Morgan fingerprint density at radius 3 is 2.09 bits per heavy atom. The highest BCUT2D eigenvalue weighted by Crippen LogP contribution is 2.19. The van der Waals surface area contributed by atoms with E-state index in [1.54, 1.807) is 54.8 Å². The van der Waals surface area contributed by atoms with E-state index in [-0.39, 0.29) is 17.3 Å². The van der Waals surface area contributed by atoms with Gasteiger partial charge >= 0.3 is 0 Å². The maximum absolute atomic E-state index is 12.8. The number of ketones is 2. The predicted octanol–water partition coefficient (Wildman–Crippen LogP) is 3.19. The summed E-state index contributed by atoms with van der Waals surface area (Å²) in [6.07, 6.45) is 1.97. The van der Waals surface area contributed by atoms with Gasteiger partial charge in [-0.1, -0.05) is 46.7 Å². The molecule has 0 amide bonds. The zero-order valence-corrected chi connectivity index (χ0v) is 13.6. The molecule has 3 nitrogen and oxygen atoms in total. The van der Waals surface area contributed by atoms with Crippen molar-refractivity contribution >= 4 is 21.5 Å². The van der Waals surface area contributed by atoms with E-state index < -0.39 is 9.93 Å². The molecule has 4 heteroatoms. The molecule has 0 heterocycles. The molecular formula is C18H19O3S+. The van der Waals surface area contributed by atoms with Gasteiger partial charge in [-0.15, -0.1) is 0 Å². The minimum atomic E-state index is -2.44. The largest absolute Gasteiger partial charge is 0.300 e. The Bertz CT molecular complexity index is 718. The number of carbonyl (C=O) groups excluding carboxylic acids is 2. The van der Waals surface area contributed by atoms with Gasteiger partial charge in [0.15, 0.2) is 10.6 Å². The fourth-order valence-electron chi connectivity index (χ4n) is 2.22. The Morgan fingerprint density at radius 2 is 1.55 bits per heavy atom. The maximum atomic E-state index is 12.8. The second-order valence-electron chi connectivity index (χ2n) is 5.46. The molecule has 0 saturated heterocycles. The van der Waals surface area contributed by atoms with E-state index >= 15 is 0 Å². The quantitative estimate of drug-likeness (QED) is 0.607. The summed E-state index contributed by atoms with van der Waals surface area (Å²) in [7, 11) is -2.44. The molecular weight excluding hydrogens is 296 g/mol. The highest BCUT2D eigenvalue weighted by Gasteiger charge is 2.29. The van der Waals surface area contributed by atoms with E-state index in [4.69, 9.17) is 0 Å². The average molecular weight is 315 g/mol. The summed E-state index contributed by atoms with van der Waals surface area (Å²) in [5, 5.41) is 0. The lowest BCUT2D eigenvalue weighted by molar-refractivity contribution is -0.116. The summed E-state index contributed by atoms with van der Waals surface area (Å²) < 4.78 is 12.8. The molecule has 1 unspecified atom stereocenters. The van der Waals surface area contributed by atoms with E-state index in [1.807, 2.05) is 6.07 Å². The van der Waals surface area contributed by atoms with Crippen molar-refractivity contribution in [3.63, 3.8) is 0 Å². The molecule has 2 rings (SSSR count). The van der Waals surface area contributed by atoms with Crippen molar-refractivity contribution in [2.75, 3.05) is 12.0 Å². The minimum Gasteiger partial charge on any atom is -0.300 e. The summed E-state index contributed by atoms with van der Waals surface area (Å²) in [4.78, 5) is 24.0. The first-order valence-electron chi connectivity index (χ1n) is 7.02. The normalized spacial score (nSPS) is 13.4. The Hall–Kier alpha value is -2.07. The first-order valence-corrected chi connectivity index (χ1v) is 9.15. The van der Waals surface area contributed by atoms with E-state index in [1.165, 1.54) is 6.92 Å². The van der Waals surface area contributed by atoms with Crippen LogP contribution in [-0.4, -0.2) is 23.6 Å². The maximum Gasteiger partial charge on any atom is 0.212 e. The topological polar surface area (TPSA) is 51.2 Å². The lowest BCUT2D eigenvalue weighted by atomic mass is 10.1.